The lowest BCUT2D eigenvalue weighted by molar-refractivity contribution is -0.432. The molecule has 6 N–H and O–H groups in total. The fraction of sp³-hybridized carbons (Fsp3) is 0. The van der Waals surface area contributed by atoms with Gasteiger partial charge in [0.25, 0.3) is 20.2 Å². The van der Waals surface area contributed by atoms with E-state index in [9.17, 15) is 25.9 Å². The van der Waals surface area contributed by atoms with E-state index in [1.54, 1.807) is 60.7 Å². The molecule has 0 saturated carbocycles. The number of fused-ring (bicyclic) bond motifs is 8. The Bertz CT molecular complexity index is 3390. The Hall–Kier alpha value is -6.24. The zero-order valence-corrected chi connectivity index (χ0v) is 35.7. The molecular formula is C44H30N4O12S4. The molecule has 7 aromatic rings. The Kier molecular flexibility index (Phi) is 11.9. The fourth-order valence-corrected chi connectivity index (χ4v) is 9.14. The van der Waals surface area contributed by atoms with Crippen LogP contribution in [0, 0.1) is 0 Å². The third-order valence-corrected chi connectivity index (χ3v) is 13.2. The molecule has 0 atom stereocenters. The van der Waals surface area contributed by atoms with Crippen LogP contribution in [0.25, 0.3) is 90.9 Å². The summed E-state index contributed by atoms with van der Waals surface area (Å²) in [7, 11) is -9.00. The predicted molar refractivity (Wildman–Crippen MR) is 242 cm³/mol. The van der Waals surface area contributed by atoms with Crippen molar-refractivity contribution in [3.05, 3.63) is 144 Å². The second-order valence-electron chi connectivity index (χ2n) is 14.0. The number of benzene rings is 4. The van der Waals surface area contributed by atoms with E-state index in [2.05, 4.69) is 28.7 Å². The topological polar surface area (TPSA) is 243 Å². The second-order valence-corrected chi connectivity index (χ2v) is 18.4. The molecule has 8 bridgehead atoms. The van der Waals surface area contributed by atoms with Crippen LogP contribution in [0.15, 0.2) is 141 Å². The molecule has 2 aliphatic heterocycles. The van der Waals surface area contributed by atoms with Crippen LogP contribution in [0.1, 0.15) is 22.8 Å². The van der Waals surface area contributed by atoms with E-state index in [-0.39, 0.29) is 9.79 Å². The van der Waals surface area contributed by atoms with Crippen molar-refractivity contribution in [2.75, 3.05) is 0 Å². The fourth-order valence-electron chi connectivity index (χ4n) is 7.47. The summed E-state index contributed by atoms with van der Waals surface area (Å²) >= 11 is 1.63. The highest BCUT2D eigenvalue weighted by Gasteiger charge is 2.21. The average Bonchev–Trinajstić information content (AvgIpc) is 4.14. The molecule has 0 saturated heterocycles. The molecule has 322 valence electrons. The van der Waals surface area contributed by atoms with E-state index < -0.39 is 20.2 Å². The summed E-state index contributed by atoms with van der Waals surface area (Å²) in [6.45, 7) is 0. The van der Waals surface area contributed by atoms with Gasteiger partial charge in [0.1, 0.15) is 0 Å². The Morgan fingerprint density at radius 3 is 1.05 bits per heavy atom. The molecule has 0 radical (unpaired) electrons. The molecule has 4 aromatic carbocycles. The normalized spacial score (nSPS) is 12.6. The van der Waals surface area contributed by atoms with Crippen molar-refractivity contribution >= 4 is 90.7 Å². The zero-order chi connectivity index (χ0) is 44.6. The predicted octanol–water partition coefficient (Wildman–Crippen LogP) is 10.7. The summed E-state index contributed by atoms with van der Waals surface area (Å²) in [5, 5.41) is 25.0. The van der Waals surface area contributed by atoms with Crippen LogP contribution < -0.4 is 0 Å². The summed E-state index contributed by atoms with van der Waals surface area (Å²) in [6.07, 6.45) is 7.28. The van der Waals surface area contributed by atoms with Crippen LogP contribution in [0.3, 0.4) is 0 Å². The van der Waals surface area contributed by atoms with Gasteiger partial charge in [-0.25, -0.2) is 20.5 Å². The van der Waals surface area contributed by atoms with Gasteiger partial charge in [-0.05, 0) is 119 Å². The summed E-state index contributed by atoms with van der Waals surface area (Å²) in [5.41, 5.74) is 9.88. The van der Waals surface area contributed by atoms with Crippen molar-refractivity contribution in [2.24, 2.45) is 0 Å². The second kappa shape index (κ2) is 17.7. The van der Waals surface area contributed by atoms with Crippen LogP contribution in [0.5, 0.6) is 0 Å². The molecular weight excluding hydrogens is 905 g/mol. The Morgan fingerprint density at radius 1 is 0.406 bits per heavy atom. The SMILES string of the molecule is O=S(=O)(O)c1ccc(-c2c3nc(c(-c4ccc(SOOO)cc4)c4ccc([nH]4)c(-c4ccc(SOOO)cc4)c4ccc([nH]4)c(-c4ccc(S(=O)(=O)O)cc4)c4nc2C=C4)C=C3)cc1. The van der Waals surface area contributed by atoms with Gasteiger partial charge in [-0.1, -0.05) is 58.6 Å². The highest BCUT2D eigenvalue weighted by molar-refractivity contribution is 7.94. The van der Waals surface area contributed by atoms with E-state index >= 15 is 0 Å². The standard InChI is InChI=1S/C44H30N4O12S4/c49-57-59-61-29-9-1-25(2-10-29)41-33-17-18-34(45-33)42(26-3-11-30(12-4-26)62-60-58-50)36-20-22-38(47-36)44(28-7-15-32(16-8-28)64(54,55)56)40-24-23-39(48-40)43(37-21-19-35(41)46-37)27-5-13-31(14-6-27)63(51,52)53/h1-24,45-46,49-50H,(H,51,52,53)(H,54,55,56). The van der Waals surface area contributed by atoms with Crippen LogP contribution in [0.2, 0.25) is 0 Å². The quantitative estimate of drug-likeness (QED) is 0.0289. The number of rotatable bonds is 12. The monoisotopic (exact) mass is 934 g/mol. The van der Waals surface area contributed by atoms with Crippen LogP contribution >= 0.6 is 24.1 Å². The lowest BCUT2D eigenvalue weighted by Crippen LogP contribution is -1.98. The molecule has 0 amide bonds. The summed E-state index contributed by atoms with van der Waals surface area (Å²) in [5.74, 6) is 0. The first-order valence-corrected chi connectivity index (χ1v) is 23.1. The molecule has 5 heterocycles. The first-order chi connectivity index (χ1) is 30.9. The van der Waals surface area contributed by atoms with Gasteiger partial charge < -0.3 is 9.97 Å². The molecule has 9 rings (SSSR count). The molecule has 16 nitrogen and oxygen atoms in total. The van der Waals surface area contributed by atoms with Crippen molar-refractivity contribution in [3.8, 4) is 44.5 Å². The number of aromatic nitrogens is 4. The molecule has 3 aromatic heterocycles. The Morgan fingerprint density at radius 2 is 0.703 bits per heavy atom. The van der Waals surface area contributed by atoms with Gasteiger partial charge in [-0.3, -0.25) is 9.11 Å². The average molecular weight is 935 g/mol. The lowest BCUT2D eigenvalue weighted by atomic mass is 10.0. The Labute approximate surface area is 372 Å². The number of nitrogens with zero attached hydrogens (tertiary/aromatic N) is 2. The van der Waals surface area contributed by atoms with Crippen molar-refractivity contribution in [1.82, 2.24) is 19.9 Å². The number of H-pyrrole nitrogens is 2. The minimum Gasteiger partial charge on any atom is -0.354 e. The van der Waals surface area contributed by atoms with Gasteiger partial charge in [0.15, 0.2) is 0 Å². The number of nitrogens with one attached hydrogen (secondary N) is 2. The van der Waals surface area contributed by atoms with Gasteiger partial charge >= 0.3 is 0 Å². The van der Waals surface area contributed by atoms with Gasteiger partial charge in [-0.2, -0.15) is 16.8 Å². The maximum atomic E-state index is 12.1. The lowest BCUT2D eigenvalue weighted by Gasteiger charge is -2.08. The number of hydrogen-bond acceptors (Lipinski definition) is 14. The highest BCUT2D eigenvalue weighted by Crippen LogP contribution is 2.39. The van der Waals surface area contributed by atoms with Gasteiger partial charge in [0.2, 0.25) is 0 Å². The molecule has 20 heteroatoms. The largest absolute Gasteiger partial charge is 0.354 e. The van der Waals surface area contributed by atoms with E-state index in [1.807, 2.05) is 60.7 Å². The van der Waals surface area contributed by atoms with E-state index in [0.29, 0.717) is 82.5 Å². The van der Waals surface area contributed by atoms with Crippen molar-refractivity contribution in [2.45, 2.75) is 19.6 Å². The zero-order valence-electron chi connectivity index (χ0n) is 32.4. The third-order valence-electron chi connectivity index (χ3n) is 10.2. The first-order valence-electron chi connectivity index (χ1n) is 18.7. The molecule has 0 fully saturated rings. The van der Waals surface area contributed by atoms with Crippen molar-refractivity contribution in [1.29, 1.82) is 0 Å². The van der Waals surface area contributed by atoms with Crippen LogP contribution in [-0.4, -0.2) is 56.4 Å². The maximum Gasteiger partial charge on any atom is 0.294 e. The molecule has 0 unspecified atom stereocenters. The maximum absolute atomic E-state index is 12.1. The van der Waals surface area contributed by atoms with Crippen molar-refractivity contribution in [3.63, 3.8) is 0 Å². The van der Waals surface area contributed by atoms with E-state index in [0.717, 1.165) is 40.8 Å². The molecule has 64 heavy (non-hydrogen) atoms. The number of hydrogen-bond donors (Lipinski definition) is 6. The minimum atomic E-state index is -4.50. The van der Waals surface area contributed by atoms with E-state index in [4.69, 9.17) is 20.5 Å². The summed E-state index contributed by atoms with van der Waals surface area (Å²) in [4.78, 5) is 18.2. The third kappa shape index (κ3) is 8.81. The Balaban J connectivity index is 1.39. The molecule has 2 aliphatic rings. The van der Waals surface area contributed by atoms with E-state index in [1.165, 1.54) is 24.3 Å². The van der Waals surface area contributed by atoms with Crippen molar-refractivity contribution < 1.29 is 55.2 Å². The van der Waals surface area contributed by atoms with Gasteiger partial charge in [0.05, 0.1) is 56.7 Å². The van der Waals surface area contributed by atoms with Crippen LogP contribution in [-0.2, 0) is 39.0 Å². The summed E-state index contributed by atoms with van der Waals surface area (Å²) < 4.78 is 77.1. The van der Waals surface area contributed by atoms with Gasteiger partial charge in [-0.15, -0.1) is 8.67 Å². The smallest absolute Gasteiger partial charge is 0.294 e. The van der Waals surface area contributed by atoms with Gasteiger partial charge in [0, 0.05) is 54.1 Å². The molecule has 0 spiro atoms. The highest BCUT2D eigenvalue weighted by atomic mass is 32.2. The minimum absolute atomic E-state index is 0.289. The molecule has 0 aliphatic carbocycles. The number of aromatic amines is 2. The van der Waals surface area contributed by atoms with Crippen LogP contribution in [0.4, 0.5) is 0 Å². The first kappa shape index (κ1) is 43.0. The summed E-state index contributed by atoms with van der Waals surface area (Å²) in [6, 6.07) is 33.8.